The Morgan fingerprint density at radius 2 is 1.88 bits per heavy atom. The van der Waals surface area contributed by atoms with E-state index in [1.54, 1.807) is 32.9 Å². The highest BCUT2D eigenvalue weighted by Crippen LogP contribution is 2.24. The molecule has 0 aliphatic rings. The highest BCUT2D eigenvalue weighted by atomic mass is 32.2. The predicted octanol–water partition coefficient (Wildman–Crippen LogP) is 3.83. The fourth-order valence-corrected chi connectivity index (χ4v) is 5.72. The SMILES string of the molecule is CCN(CC)S(=O)(=O)c1cc(NC(=O)COC(=O)/C=C/c2nc3ccccc3s2)ccc1C. The minimum absolute atomic E-state index is 0.125. The fourth-order valence-electron chi connectivity index (χ4n) is 3.14. The van der Waals surface area contributed by atoms with Gasteiger partial charge in [0.25, 0.3) is 5.91 Å². The second-order valence-electron chi connectivity index (χ2n) is 7.08. The van der Waals surface area contributed by atoms with Crippen LogP contribution in [0, 0.1) is 6.92 Å². The molecule has 0 bridgehead atoms. The summed E-state index contributed by atoms with van der Waals surface area (Å²) in [7, 11) is -3.68. The van der Waals surface area contributed by atoms with Crippen molar-refractivity contribution in [1.82, 2.24) is 9.29 Å². The van der Waals surface area contributed by atoms with Gasteiger partial charge in [0.05, 0.1) is 15.1 Å². The van der Waals surface area contributed by atoms with Crippen molar-refractivity contribution in [2.45, 2.75) is 25.7 Å². The van der Waals surface area contributed by atoms with Crippen LogP contribution in [0.15, 0.2) is 53.4 Å². The van der Waals surface area contributed by atoms with Gasteiger partial charge >= 0.3 is 5.97 Å². The molecule has 0 saturated carbocycles. The smallest absolute Gasteiger partial charge is 0.331 e. The highest BCUT2D eigenvalue weighted by Gasteiger charge is 2.24. The van der Waals surface area contributed by atoms with Crippen molar-refractivity contribution in [2.24, 2.45) is 0 Å². The second-order valence-corrected chi connectivity index (χ2v) is 10.0. The minimum Gasteiger partial charge on any atom is -0.452 e. The number of benzene rings is 2. The molecule has 0 fully saturated rings. The summed E-state index contributed by atoms with van der Waals surface area (Å²) in [5.74, 6) is -1.26. The van der Waals surface area contributed by atoms with Gasteiger partial charge in [-0.15, -0.1) is 11.3 Å². The molecule has 8 nitrogen and oxygen atoms in total. The number of hydrogen-bond donors (Lipinski definition) is 1. The van der Waals surface area contributed by atoms with Crippen molar-refractivity contribution in [3.63, 3.8) is 0 Å². The van der Waals surface area contributed by atoms with Gasteiger partial charge in [0.1, 0.15) is 5.01 Å². The van der Waals surface area contributed by atoms with Gasteiger partial charge in [-0.2, -0.15) is 4.31 Å². The molecule has 0 aliphatic heterocycles. The van der Waals surface area contributed by atoms with Gasteiger partial charge in [0.2, 0.25) is 10.0 Å². The van der Waals surface area contributed by atoms with Crippen molar-refractivity contribution >= 4 is 55.2 Å². The van der Waals surface area contributed by atoms with Gasteiger partial charge in [0.15, 0.2) is 6.61 Å². The summed E-state index contributed by atoms with van der Waals surface area (Å²) in [5, 5.41) is 3.22. The summed E-state index contributed by atoms with van der Waals surface area (Å²) < 4.78 is 33.0. The van der Waals surface area contributed by atoms with Crippen molar-refractivity contribution in [3.8, 4) is 0 Å². The Bertz CT molecular complexity index is 1260. The maximum absolute atomic E-state index is 12.8. The number of para-hydroxylation sites is 1. The molecular weight excluding hydrogens is 462 g/mol. The normalized spacial score (nSPS) is 11.9. The molecule has 174 valence electrons. The van der Waals surface area contributed by atoms with Crippen LogP contribution in [0.1, 0.15) is 24.4 Å². The summed E-state index contributed by atoms with van der Waals surface area (Å²) in [5.41, 5.74) is 1.72. The number of nitrogens with zero attached hydrogens (tertiary/aromatic N) is 2. The molecular formula is C23H25N3O5S2. The minimum atomic E-state index is -3.68. The fraction of sp³-hybridized carbons (Fsp3) is 0.261. The van der Waals surface area contributed by atoms with E-state index < -0.39 is 28.5 Å². The maximum Gasteiger partial charge on any atom is 0.331 e. The van der Waals surface area contributed by atoms with Gasteiger partial charge in [-0.3, -0.25) is 4.79 Å². The van der Waals surface area contributed by atoms with Crippen LogP contribution in [0.3, 0.4) is 0 Å². The molecule has 10 heteroatoms. The molecule has 1 N–H and O–H groups in total. The molecule has 3 aromatic rings. The van der Waals surface area contributed by atoms with E-state index in [0.29, 0.717) is 29.3 Å². The van der Waals surface area contributed by atoms with E-state index in [0.717, 1.165) is 10.2 Å². The van der Waals surface area contributed by atoms with Crippen LogP contribution in [0.2, 0.25) is 0 Å². The zero-order valence-electron chi connectivity index (χ0n) is 18.6. The van der Waals surface area contributed by atoms with E-state index in [4.69, 9.17) is 4.74 Å². The number of nitrogens with one attached hydrogen (secondary N) is 1. The van der Waals surface area contributed by atoms with Crippen LogP contribution in [-0.2, 0) is 24.3 Å². The molecule has 0 saturated heterocycles. The molecule has 2 aromatic carbocycles. The van der Waals surface area contributed by atoms with Crippen LogP contribution >= 0.6 is 11.3 Å². The van der Waals surface area contributed by atoms with Gasteiger partial charge in [-0.1, -0.05) is 32.0 Å². The van der Waals surface area contributed by atoms with Crippen molar-refractivity contribution in [1.29, 1.82) is 0 Å². The number of esters is 1. The number of ether oxygens (including phenoxy) is 1. The average Bonchev–Trinajstić information content (AvgIpc) is 3.21. The number of anilines is 1. The first-order chi connectivity index (χ1) is 15.7. The van der Waals surface area contributed by atoms with E-state index in [-0.39, 0.29) is 4.90 Å². The van der Waals surface area contributed by atoms with Gasteiger partial charge in [-0.25, -0.2) is 18.2 Å². The average molecular weight is 488 g/mol. The van der Waals surface area contributed by atoms with Crippen LogP contribution in [0.5, 0.6) is 0 Å². The van der Waals surface area contributed by atoms with Crippen LogP contribution in [-0.4, -0.2) is 49.3 Å². The number of aromatic nitrogens is 1. The quantitative estimate of drug-likeness (QED) is 0.363. The summed E-state index contributed by atoms with van der Waals surface area (Å²) in [6, 6.07) is 12.3. The number of sulfonamides is 1. The molecule has 0 atom stereocenters. The van der Waals surface area contributed by atoms with Gasteiger partial charge in [-0.05, 0) is 42.8 Å². The summed E-state index contributed by atoms with van der Waals surface area (Å²) in [4.78, 5) is 28.7. The number of carbonyl (C=O) groups is 2. The van der Waals surface area contributed by atoms with Crippen LogP contribution in [0.4, 0.5) is 5.69 Å². The van der Waals surface area contributed by atoms with Crippen molar-refractivity contribution < 1.29 is 22.7 Å². The molecule has 1 heterocycles. The lowest BCUT2D eigenvalue weighted by Crippen LogP contribution is -2.31. The lowest BCUT2D eigenvalue weighted by atomic mass is 10.2. The molecule has 0 aliphatic carbocycles. The lowest BCUT2D eigenvalue weighted by molar-refractivity contribution is -0.142. The molecule has 1 aromatic heterocycles. The summed E-state index contributed by atoms with van der Waals surface area (Å²) in [6.45, 7) is 5.41. The second kappa shape index (κ2) is 10.7. The first-order valence-electron chi connectivity index (χ1n) is 10.4. The molecule has 1 amide bonds. The zero-order chi connectivity index (χ0) is 24.0. The first kappa shape index (κ1) is 24.6. The molecule has 0 spiro atoms. The number of thiazole rings is 1. The van der Waals surface area contributed by atoms with Crippen LogP contribution in [0.25, 0.3) is 16.3 Å². The van der Waals surface area contributed by atoms with Crippen molar-refractivity contribution in [2.75, 3.05) is 25.0 Å². The Morgan fingerprint density at radius 1 is 1.15 bits per heavy atom. The van der Waals surface area contributed by atoms with Crippen LogP contribution < -0.4 is 5.32 Å². The predicted molar refractivity (Wildman–Crippen MR) is 130 cm³/mol. The number of amides is 1. The highest BCUT2D eigenvalue weighted by molar-refractivity contribution is 7.89. The number of carbonyl (C=O) groups excluding carboxylic acids is 2. The summed E-state index contributed by atoms with van der Waals surface area (Å²) in [6.07, 6.45) is 2.75. The Morgan fingerprint density at radius 3 is 2.58 bits per heavy atom. The standard InChI is InChI=1S/C23H25N3O5S2/c1-4-26(5-2)33(29,30)20-14-17(11-10-16(20)3)24-21(27)15-31-23(28)13-12-22-25-18-8-6-7-9-19(18)32-22/h6-14H,4-5,15H2,1-3H3,(H,24,27)/b13-12+. The summed E-state index contributed by atoms with van der Waals surface area (Å²) >= 11 is 1.44. The maximum atomic E-state index is 12.8. The molecule has 33 heavy (non-hydrogen) atoms. The van der Waals surface area contributed by atoms with E-state index in [1.165, 1.54) is 33.9 Å². The van der Waals surface area contributed by atoms with Gasteiger partial charge < -0.3 is 10.1 Å². The van der Waals surface area contributed by atoms with E-state index in [1.807, 2.05) is 24.3 Å². The molecule has 3 rings (SSSR count). The Kier molecular flexibility index (Phi) is 7.96. The van der Waals surface area contributed by atoms with Crippen molar-refractivity contribution in [3.05, 3.63) is 59.1 Å². The molecule has 0 radical (unpaired) electrons. The van der Waals surface area contributed by atoms with E-state index >= 15 is 0 Å². The monoisotopic (exact) mass is 487 g/mol. The number of rotatable bonds is 9. The van der Waals surface area contributed by atoms with E-state index in [2.05, 4.69) is 10.3 Å². The molecule has 0 unspecified atom stereocenters. The lowest BCUT2D eigenvalue weighted by Gasteiger charge is -2.20. The first-order valence-corrected chi connectivity index (χ1v) is 12.6. The van der Waals surface area contributed by atoms with Gasteiger partial charge in [0, 0.05) is 24.9 Å². The largest absolute Gasteiger partial charge is 0.452 e. The number of aryl methyl sites for hydroxylation is 1. The Labute approximate surface area is 196 Å². The topological polar surface area (TPSA) is 106 Å². The third-order valence-corrected chi connectivity index (χ3v) is 8.01. The third kappa shape index (κ3) is 6.04. The third-order valence-electron chi connectivity index (χ3n) is 4.81. The Balaban J connectivity index is 1.59. The van der Waals surface area contributed by atoms with E-state index in [9.17, 15) is 18.0 Å². The zero-order valence-corrected chi connectivity index (χ0v) is 20.2. The number of hydrogen-bond acceptors (Lipinski definition) is 7. The number of fused-ring (bicyclic) bond motifs is 1. The Hall–Kier alpha value is -3.08.